The van der Waals surface area contributed by atoms with Gasteiger partial charge < -0.3 is 15.0 Å². The molecular weight excluding hydrogens is 400 g/mol. The number of piperazine rings is 1. The SMILES string of the molecule is O=C(CCn1cnc(OCc2ccccc2)c(Br)c1=O)N1CCNCC1. The second-order valence-corrected chi connectivity index (χ2v) is 6.81. The lowest BCUT2D eigenvalue weighted by Crippen LogP contribution is -2.46. The minimum Gasteiger partial charge on any atom is -0.472 e. The van der Waals surface area contributed by atoms with Crippen LogP contribution in [0.15, 0.2) is 45.9 Å². The van der Waals surface area contributed by atoms with Crippen molar-refractivity contribution in [1.29, 1.82) is 0 Å². The molecule has 7 nitrogen and oxygen atoms in total. The fourth-order valence-electron chi connectivity index (χ4n) is 2.72. The van der Waals surface area contributed by atoms with Gasteiger partial charge in [-0.2, -0.15) is 0 Å². The van der Waals surface area contributed by atoms with Crippen LogP contribution in [0.2, 0.25) is 0 Å². The summed E-state index contributed by atoms with van der Waals surface area (Å²) in [4.78, 5) is 30.7. The van der Waals surface area contributed by atoms with Gasteiger partial charge in [-0.3, -0.25) is 14.2 Å². The van der Waals surface area contributed by atoms with Crippen LogP contribution in [0.25, 0.3) is 0 Å². The van der Waals surface area contributed by atoms with Gasteiger partial charge in [0, 0.05) is 39.1 Å². The second kappa shape index (κ2) is 8.95. The van der Waals surface area contributed by atoms with Crippen molar-refractivity contribution in [3.63, 3.8) is 0 Å². The molecule has 0 atom stereocenters. The molecule has 1 N–H and O–H groups in total. The number of hydrogen-bond acceptors (Lipinski definition) is 5. The zero-order chi connectivity index (χ0) is 18.4. The largest absolute Gasteiger partial charge is 0.472 e. The van der Waals surface area contributed by atoms with Crippen LogP contribution < -0.4 is 15.6 Å². The maximum atomic E-state index is 12.5. The highest BCUT2D eigenvalue weighted by atomic mass is 79.9. The molecule has 0 unspecified atom stereocenters. The van der Waals surface area contributed by atoms with E-state index in [1.54, 1.807) is 0 Å². The normalized spacial score (nSPS) is 14.3. The van der Waals surface area contributed by atoms with Crippen molar-refractivity contribution < 1.29 is 9.53 Å². The van der Waals surface area contributed by atoms with E-state index in [9.17, 15) is 9.59 Å². The van der Waals surface area contributed by atoms with Gasteiger partial charge in [-0.25, -0.2) is 4.98 Å². The van der Waals surface area contributed by atoms with Gasteiger partial charge in [0.05, 0.1) is 0 Å². The number of nitrogens with one attached hydrogen (secondary N) is 1. The van der Waals surface area contributed by atoms with Crippen molar-refractivity contribution in [1.82, 2.24) is 19.8 Å². The first-order valence-corrected chi connectivity index (χ1v) is 9.34. The Morgan fingerprint density at radius 2 is 1.96 bits per heavy atom. The summed E-state index contributed by atoms with van der Waals surface area (Å²) >= 11 is 3.26. The second-order valence-electron chi connectivity index (χ2n) is 6.02. The quantitative estimate of drug-likeness (QED) is 0.764. The number of aromatic nitrogens is 2. The summed E-state index contributed by atoms with van der Waals surface area (Å²) in [5.41, 5.74) is 0.739. The van der Waals surface area contributed by atoms with Crippen molar-refractivity contribution in [2.45, 2.75) is 19.6 Å². The molecule has 8 heteroatoms. The molecular formula is C18H21BrN4O3. The van der Waals surface area contributed by atoms with Gasteiger partial charge in [0.2, 0.25) is 11.8 Å². The third-order valence-corrected chi connectivity index (χ3v) is 4.88. The van der Waals surface area contributed by atoms with E-state index in [2.05, 4.69) is 26.2 Å². The molecule has 1 fully saturated rings. The topological polar surface area (TPSA) is 76.5 Å². The molecule has 1 saturated heterocycles. The first-order valence-electron chi connectivity index (χ1n) is 8.55. The molecule has 26 heavy (non-hydrogen) atoms. The van der Waals surface area contributed by atoms with E-state index in [0.29, 0.717) is 26.2 Å². The molecule has 1 aromatic heterocycles. The highest BCUT2D eigenvalue weighted by Crippen LogP contribution is 2.18. The average molecular weight is 421 g/mol. The van der Waals surface area contributed by atoms with Crippen molar-refractivity contribution in [3.8, 4) is 5.88 Å². The predicted octanol–water partition coefficient (Wildman–Crippen LogP) is 1.41. The summed E-state index contributed by atoms with van der Waals surface area (Å²) in [6, 6.07) is 9.66. The molecule has 1 aliphatic rings. The smallest absolute Gasteiger partial charge is 0.271 e. The van der Waals surface area contributed by atoms with Crippen LogP contribution in [0.1, 0.15) is 12.0 Å². The van der Waals surface area contributed by atoms with Crippen LogP contribution in [0.5, 0.6) is 5.88 Å². The lowest BCUT2D eigenvalue weighted by atomic mass is 10.2. The van der Waals surface area contributed by atoms with Crippen LogP contribution in [0, 0.1) is 0 Å². The van der Waals surface area contributed by atoms with Crippen molar-refractivity contribution >= 4 is 21.8 Å². The van der Waals surface area contributed by atoms with Crippen LogP contribution in [0.3, 0.4) is 0 Å². The molecule has 1 amide bonds. The summed E-state index contributed by atoms with van der Waals surface area (Å²) in [7, 11) is 0. The molecule has 1 aliphatic heterocycles. The van der Waals surface area contributed by atoms with Gasteiger partial charge >= 0.3 is 0 Å². The van der Waals surface area contributed by atoms with E-state index in [0.717, 1.165) is 18.7 Å². The van der Waals surface area contributed by atoms with E-state index in [1.165, 1.54) is 10.9 Å². The summed E-state index contributed by atoms with van der Waals surface area (Å²) < 4.78 is 7.33. The van der Waals surface area contributed by atoms with Gasteiger partial charge in [-0.05, 0) is 21.5 Å². The summed E-state index contributed by atoms with van der Waals surface area (Å²) in [5, 5.41) is 3.21. The number of nitrogens with zero attached hydrogens (tertiary/aromatic N) is 3. The molecule has 2 heterocycles. The molecule has 2 aromatic rings. The molecule has 0 bridgehead atoms. The Bertz CT molecular complexity index is 804. The highest BCUT2D eigenvalue weighted by Gasteiger charge is 2.17. The molecule has 1 aromatic carbocycles. The Morgan fingerprint density at radius 1 is 1.23 bits per heavy atom. The van der Waals surface area contributed by atoms with Gasteiger partial charge in [-0.15, -0.1) is 0 Å². The minimum atomic E-state index is -0.254. The van der Waals surface area contributed by atoms with Crippen molar-refractivity contribution in [2.75, 3.05) is 26.2 Å². The first kappa shape index (κ1) is 18.6. The third kappa shape index (κ3) is 4.70. The lowest BCUT2D eigenvalue weighted by molar-refractivity contribution is -0.132. The van der Waals surface area contributed by atoms with E-state index < -0.39 is 0 Å². The molecule has 0 radical (unpaired) electrons. The minimum absolute atomic E-state index is 0.0546. The average Bonchev–Trinajstić information content (AvgIpc) is 2.69. The predicted molar refractivity (Wildman–Crippen MR) is 101 cm³/mol. The third-order valence-electron chi connectivity index (χ3n) is 4.21. The lowest BCUT2D eigenvalue weighted by Gasteiger charge is -2.27. The Hall–Kier alpha value is -2.19. The van der Waals surface area contributed by atoms with E-state index in [1.807, 2.05) is 35.2 Å². The summed E-state index contributed by atoms with van der Waals surface area (Å²) in [6.45, 7) is 3.67. The molecule has 0 aliphatic carbocycles. The molecule has 0 spiro atoms. The van der Waals surface area contributed by atoms with E-state index in [-0.39, 0.29) is 28.2 Å². The van der Waals surface area contributed by atoms with Crippen LogP contribution in [-0.4, -0.2) is 46.5 Å². The van der Waals surface area contributed by atoms with Crippen LogP contribution >= 0.6 is 15.9 Å². The van der Waals surface area contributed by atoms with Crippen molar-refractivity contribution in [2.24, 2.45) is 0 Å². The zero-order valence-corrected chi connectivity index (χ0v) is 15.9. The van der Waals surface area contributed by atoms with Crippen LogP contribution in [-0.2, 0) is 17.9 Å². The van der Waals surface area contributed by atoms with Gasteiger partial charge in [0.1, 0.15) is 17.4 Å². The van der Waals surface area contributed by atoms with E-state index in [4.69, 9.17) is 4.74 Å². The first-order chi connectivity index (χ1) is 12.6. The fourth-order valence-corrected chi connectivity index (χ4v) is 3.17. The standard InChI is InChI=1S/C18H21BrN4O3/c19-16-17(26-12-14-4-2-1-3-5-14)21-13-23(18(16)25)9-6-15(24)22-10-7-20-8-11-22/h1-5,13,20H,6-12H2. The number of hydrogen-bond donors (Lipinski definition) is 1. The number of halogens is 1. The van der Waals surface area contributed by atoms with Gasteiger partial charge in [-0.1, -0.05) is 30.3 Å². The number of rotatable bonds is 6. The van der Waals surface area contributed by atoms with Crippen molar-refractivity contribution in [3.05, 3.63) is 57.0 Å². The fraction of sp³-hybridized carbons (Fsp3) is 0.389. The number of benzene rings is 1. The van der Waals surface area contributed by atoms with Gasteiger partial charge in [0.15, 0.2) is 0 Å². The van der Waals surface area contributed by atoms with E-state index >= 15 is 0 Å². The number of amides is 1. The Labute approximate surface area is 160 Å². The number of aryl methyl sites for hydroxylation is 1. The maximum Gasteiger partial charge on any atom is 0.271 e. The monoisotopic (exact) mass is 420 g/mol. The molecule has 0 saturated carbocycles. The Kier molecular flexibility index (Phi) is 6.40. The Morgan fingerprint density at radius 3 is 2.69 bits per heavy atom. The summed E-state index contributed by atoms with van der Waals surface area (Å²) in [6.07, 6.45) is 1.71. The maximum absolute atomic E-state index is 12.5. The van der Waals surface area contributed by atoms with Crippen LogP contribution in [0.4, 0.5) is 0 Å². The molecule has 3 rings (SSSR count). The highest BCUT2D eigenvalue weighted by molar-refractivity contribution is 9.10. The number of carbonyl (C=O) groups is 1. The zero-order valence-electron chi connectivity index (χ0n) is 14.4. The Balaban J connectivity index is 1.60. The summed E-state index contributed by atoms with van der Waals surface area (Å²) in [5.74, 6) is 0.308. The number of carbonyl (C=O) groups excluding carboxylic acids is 1. The van der Waals surface area contributed by atoms with Gasteiger partial charge in [0.25, 0.3) is 5.56 Å². The molecule has 138 valence electrons. The number of ether oxygens (including phenoxy) is 1.